The van der Waals surface area contributed by atoms with E-state index in [1.807, 2.05) is 121 Å². The third-order valence-electron chi connectivity index (χ3n) is 8.39. The molecule has 0 aliphatic heterocycles. The van der Waals surface area contributed by atoms with Gasteiger partial charge in [0.25, 0.3) is 0 Å². The van der Waals surface area contributed by atoms with Crippen molar-refractivity contribution < 1.29 is 9.13 Å². The van der Waals surface area contributed by atoms with E-state index in [-0.39, 0.29) is 0 Å². The van der Waals surface area contributed by atoms with Crippen molar-refractivity contribution in [1.82, 2.24) is 0 Å². The average molecular weight is 563 g/mol. The van der Waals surface area contributed by atoms with E-state index >= 15 is 9.13 Å². The molecule has 0 aromatic heterocycles. The van der Waals surface area contributed by atoms with Gasteiger partial charge in [0.05, 0.1) is 0 Å². The average Bonchev–Trinajstić information content (AvgIpc) is 3.02. The van der Waals surface area contributed by atoms with Crippen LogP contribution >= 0.6 is 14.3 Å². The summed E-state index contributed by atoms with van der Waals surface area (Å²) in [6.07, 6.45) is 0.849. The van der Waals surface area contributed by atoms with E-state index in [2.05, 4.69) is 27.7 Å². The number of benzene rings is 5. The molecule has 0 aliphatic rings. The molecule has 0 saturated carbocycles. The molecule has 5 aromatic carbocycles. The van der Waals surface area contributed by atoms with Gasteiger partial charge in [0, 0.05) is 33.5 Å². The van der Waals surface area contributed by atoms with Crippen LogP contribution in [-0.2, 0) is 21.5 Å². The van der Waals surface area contributed by atoms with Crippen molar-refractivity contribution in [2.45, 2.75) is 40.0 Å². The molecular weight excluding hydrogens is 526 g/mol. The summed E-state index contributed by atoms with van der Waals surface area (Å²) < 4.78 is 30.1. The Hall–Kier alpha value is -3.44. The normalized spacial score (nSPS) is 11.9. The lowest BCUT2D eigenvalue weighted by Gasteiger charge is -2.27. The van der Waals surface area contributed by atoms with Crippen molar-refractivity contribution in [3.05, 3.63) is 155 Å². The Morgan fingerprint density at radius 1 is 0.375 bits per heavy atom. The van der Waals surface area contributed by atoms with Crippen LogP contribution < -0.4 is 21.2 Å². The Balaban J connectivity index is 1.69. The summed E-state index contributed by atoms with van der Waals surface area (Å²) in [5, 5.41) is 3.44. The molecule has 0 radical (unpaired) electrons. The van der Waals surface area contributed by atoms with Gasteiger partial charge < -0.3 is 9.13 Å². The second-order valence-corrected chi connectivity index (χ2v) is 16.3. The highest BCUT2D eigenvalue weighted by Crippen LogP contribution is 2.52. The maximum Gasteiger partial charge on any atom is 0.147 e. The molecule has 4 heteroatoms. The Kier molecular flexibility index (Phi) is 8.14. The summed E-state index contributed by atoms with van der Waals surface area (Å²) in [5.74, 6) is 0. The molecule has 0 N–H and O–H groups in total. The number of hydrogen-bond acceptors (Lipinski definition) is 2. The second-order valence-electron chi connectivity index (χ2n) is 10.6. The van der Waals surface area contributed by atoms with Crippen molar-refractivity contribution in [2.24, 2.45) is 0 Å². The Morgan fingerprint density at radius 2 is 0.625 bits per heavy atom. The molecule has 40 heavy (non-hydrogen) atoms. The van der Waals surface area contributed by atoms with Crippen molar-refractivity contribution in [3.63, 3.8) is 0 Å². The third-order valence-corrected chi connectivity index (χ3v) is 14.4. The smallest absolute Gasteiger partial charge is 0.147 e. The fraction of sp³-hybridized carbons (Fsp3) is 0.167. The van der Waals surface area contributed by atoms with Gasteiger partial charge in [-0.25, -0.2) is 0 Å². The van der Waals surface area contributed by atoms with Crippen LogP contribution in [-0.4, -0.2) is 0 Å². The van der Waals surface area contributed by atoms with E-state index < -0.39 is 14.3 Å². The standard InChI is InChI=1S/C36H36O2P2/c1-27-28(2)35(25-39(37,31-17-9-5-10-18-31)32-19-11-6-12-20-32)30(4)36(29(27)3)26-40(38,33-21-13-7-14-22-33)34-23-15-8-16-24-34/h5-24H,25-26H2,1-4H3. The van der Waals surface area contributed by atoms with E-state index in [9.17, 15) is 0 Å². The van der Waals surface area contributed by atoms with Gasteiger partial charge in [0.1, 0.15) is 14.3 Å². The topological polar surface area (TPSA) is 34.1 Å². The quantitative estimate of drug-likeness (QED) is 0.180. The Bertz CT molecular complexity index is 1500. The van der Waals surface area contributed by atoms with Gasteiger partial charge in [0.15, 0.2) is 0 Å². The fourth-order valence-electron chi connectivity index (χ4n) is 5.74. The van der Waals surface area contributed by atoms with Crippen molar-refractivity contribution in [3.8, 4) is 0 Å². The summed E-state index contributed by atoms with van der Waals surface area (Å²) in [4.78, 5) is 0. The minimum atomic E-state index is -2.99. The highest BCUT2D eigenvalue weighted by Gasteiger charge is 2.33. The van der Waals surface area contributed by atoms with Crippen molar-refractivity contribution >= 4 is 35.5 Å². The monoisotopic (exact) mass is 562 g/mol. The zero-order valence-electron chi connectivity index (χ0n) is 23.7. The molecule has 0 atom stereocenters. The van der Waals surface area contributed by atoms with Crippen molar-refractivity contribution in [2.75, 3.05) is 0 Å². The zero-order chi connectivity index (χ0) is 28.3. The van der Waals surface area contributed by atoms with Crippen LogP contribution in [0.5, 0.6) is 0 Å². The van der Waals surface area contributed by atoms with Crippen molar-refractivity contribution in [1.29, 1.82) is 0 Å². The van der Waals surface area contributed by atoms with E-state index in [1.54, 1.807) is 0 Å². The first kappa shape index (κ1) is 28.1. The van der Waals surface area contributed by atoms with Gasteiger partial charge in [-0.05, 0) is 61.1 Å². The second kappa shape index (κ2) is 11.6. The minimum Gasteiger partial charge on any atom is -0.313 e. The summed E-state index contributed by atoms with van der Waals surface area (Å²) in [5.41, 5.74) is 6.81. The minimum absolute atomic E-state index is 0.424. The lowest BCUT2D eigenvalue weighted by atomic mass is 9.90. The maximum atomic E-state index is 15.1. The van der Waals surface area contributed by atoms with Crippen LogP contribution in [0.3, 0.4) is 0 Å². The van der Waals surface area contributed by atoms with E-state index in [0.29, 0.717) is 12.3 Å². The Morgan fingerprint density at radius 3 is 0.875 bits per heavy atom. The molecule has 202 valence electrons. The zero-order valence-corrected chi connectivity index (χ0v) is 25.5. The molecule has 0 saturated heterocycles. The van der Waals surface area contributed by atoms with Gasteiger partial charge in [-0.3, -0.25) is 0 Å². The van der Waals surface area contributed by atoms with Crippen LogP contribution in [0.1, 0.15) is 33.4 Å². The summed E-state index contributed by atoms with van der Waals surface area (Å²) in [7, 11) is -5.98. The number of rotatable bonds is 8. The first-order chi connectivity index (χ1) is 19.3. The van der Waals surface area contributed by atoms with Crippen LogP contribution in [0.4, 0.5) is 0 Å². The summed E-state index contributed by atoms with van der Waals surface area (Å²) in [6, 6.07) is 39.5. The lowest BCUT2D eigenvalue weighted by Crippen LogP contribution is -2.20. The highest BCUT2D eigenvalue weighted by atomic mass is 31.2. The van der Waals surface area contributed by atoms with Gasteiger partial charge in [-0.15, -0.1) is 0 Å². The predicted octanol–water partition coefficient (Wildman–Crippen LogP) is 7.95. The third kappa shape index (κ3) is 5.19. The first-order valence-electron chi connectivity index (χ1n) is 13.7. The van der Waals surface area contributed by atoms with Gasteiger partial charge in [0.2, 0.25) is 0 Å². The summed E-state index contributed by atoms with van der Waals surface area (Å²) >= 11 is 0. The SMILES string of the molecule is Cc1c(C)c(CP(=O)(c2ccccc2)c2ccccc2)c(C)c(CP(=O)(c2ccccc2)c2ccccc2)c1C. The van der Waals surface area contributed by atoms with Gasteiger partial charge >= 0.3 is 0 Å². The molecule has 0 amide bonds. The lowest BCUT2D eigenvalue weighted by molar-refractivity contribution is 0.586. The number of hydrogen-bond donors (Lipinski definition) is 0. The van der Waals surface area contributed by atoms with Crippen LogP contribution in [0.25, 0.3) is 0 Å². The molecule has 5 aromatic rings. The van der Waals surface area contributed by atoms with Crippen LogP contribution in [0.2, 0.25) is 0 Å². The van der Waals surface area contributed by atoms with Crippen LogP contribution in [0.15, 0.2) is 121 Å². The molecule has 0 heterocycles. The molecule has 0 bridgehead atoms. The molecule has 2 nitrogen and oxygen atoms in total. The molecular formula is C36H36O2P2. The largest absolute Gasteiger partial charge is 0.313 e. The van der Waals surface area contributed by atoms with E-state index in [1.165, 1.54) is 16.7 Å². The van der Waals surface area contributed by atoms with Gasteiger partial charge in [-0.2, -0.15) is 0 Å². The van der Waals surface area contributed by atoms with E-state index in [4.69, 9.17) is 0 Å². The summed E-state index contributed by atoms with van der Waals surface area (Å²) in [6.45, 7) is 8.55. The molecule has 0 aliphatic carbocycles. The van der Waals surface area contributed by atoms with E-state index in [0.717, 1.165) is 37.9 Å². The fourth-order valence-corrected chi connectivity index (χ4v) is 11.5. The first-order valence-corrected chi connectivity index (χ1v) is 17.5. The molecule has 5 rings (SSSR count). The highest BCUT2D eigenvalue weighted by molar-refractivity contribution is 7.78. The van der Waals surface area contributed by atoms with Crippen LogP contribution in [0, 0.1) is 27.7 Å². The molecule has 0 fully saturated rings. The molecule has 0 unspecified atom stereocenters. The van der Waals surface area contributed by atoms with Gasteiger partial charge in [-0.1, -0.05) is 121 Å². The maximum absolute atomic E-state index is 15.1. The molecule has 0 spiro atoms. The Labute approximate surface area is 238 Å². The predicted molar refractivity (Wildman–Crippen MR) is 172 cm³/mol.